The van der Waals surface area contributed by atoms with Gasteiger partial charge in [0.1, 0.15) is 5.69 Å². The zero-order chi connectivity index (χ0) is 19.2. The largest absolute Gasteiger partial charge is 0.593 e. The topological polar surface area (TPSA) is 124 Å². The van der Waals surface area contributed by atoms with Crippen molar-refractivity contribution in [3.63, 3.8) is 0 Å². The van der Waals surface area contributed by atoms with Crippen LogP contribution in [-0.4, -0.2) is 43.7 Å². The Bertz CT molecular complexity index is 943. The van der Waals surface area contributed by atoms with Gasteiger partial charge in [-0.15, -0.1) is 4.31 Å². The first kappa shape index (κ1) is 18.0. The average molecular weight is 389 g/mol. The predicted octanol–water partition coefficient (Wildman–Crippen LogP) is 1.21. The zero-order valence-corrected chi connectivity index (χ0v) is 15.8. The van der Waals surface area contributed by atoms with Gasteiger partial charge in [-0.2, -0.15) is 5.10 Å². The number of hydrazone groups is 1. The molecule has 2 aromatic rings. The Hall–Kier alpha value is -2.43. The highest BCUT2D eigenvalue weighted by Crippen LogP contribution is 2.41. The smallest absolute Gasteiger partial charge is 0.252 e. The van der Waals surface area contributed by atoms with E-state index in [0.717, 1.165) is 5.56 Å². The second-order valence-corrected chi connectivity index (χ2v) is 8.66. The second-order valence-electron chi connectivity index (χ2n) is 6.78. The molecule has 142 valence electrons. The van der Waals surface area contributed by atoms with Crippen molar-refractivity contribution in [1.29, 1.82) is 0 Å². The molecule has 4 rings (SSSR count). The van der Waals surface area contributed by atoms with Crippen molar-refractivity contribution in [3.8, 4) is 0 Å². The van der Waals surface area contributed by atoms with Gasteiger partial charge in [0.2, 0.25) is 4.90 Å². The molecule has 0 aliphatic carbocycles. The van der Waals surface area contributed by atoms with Gasteiger partial charge >= 0.3 is 0 Å². The fourth-order valence-corrected chi connectivity index (χ4v) is 5.55. The number of aromatic nitrogens is 2. The summed E-state index contributed by atoms with van der Waals surface area (Å²) >= 11 is 0. The highest BCUT2D eigenvalue weighted by molar-refractivity contribution is 7.95. The minimum atomic E-state index is -3.73. The SMILES string of the molecule is Cc1noc(C)c1[S+](=O)([O-])N1CCC2(CC1)C(=O)NN=C2c1cccnc1. The maximum atomic E-state index is 13.0. The molecule has 1 amide bonds. The van der Waals surface area contributed by atoms with Crippen LogP contribution in [0, 0.1) is 19.3 Å². The lowest BCUT2D eigenvalue weighted by Crippen LogP contribution is -2.51. The Balaban J connectivity index is 1.60. The van der Waals surface area contributed by atoms with Gasteiger partial charge in [-0.1, -0.05) is 9.37 Å². The first-order valence-corrected chi connectivity index (χ1v) is 10.0. The molecule has 0 bridgehead atoms. The van der Waals surface area contributed by atoms with E-state index in [1.807, 2.05) is 6.07 Å². The zero-order valence-electron chi connectivity index (χ0n) is 15.0. The molecule has 9 nitrogen and oxygen atoms in total. The summed E-state index contributed by atoms with van der Waals surface area (Å²) in [5.74, 6) is 0.0692. The van der Waals surface area contributed by atoms with Crippen LogP contribution in [0.25, 0.3) is 0 Å². The summed E-state index contributed by atoms with van der Waals surface area (Å²) in [7, 11) is -3.73. The number of hydrogen-bond acceptors (Lipinski definition) is 7. The number of nitrogens with one attached hydrogen (secondary N) is 1. The van der Waals surface area contributed by atoms with Gasteiger partial charge in [0.15, 0.2) is 16.2 Å². The molecular weight excluding hydrogens is 370 g/mol. The quantitative estimate of drug-likeness (QED) is 0.787. The summed E-state index contributed by atoms with van der Waals surface area (Å²) in [5, 5.41) is 7.95. The molecule has 4 heterocycles. The minimum Gasteiger partial charge on any atom is -0.593 e. The molecule has 10 heteroatoms. The molecule has 2 aliphatic heterocycles. The van der Waals surface area contributed by atoms with Gasteiger partial charge < -0.3 is 9.08 Å². The van der Waals surface area contributed by atoms with Gasteiger partial charge in [-0.25, -0.2) is 5.43 Å². The number of nitrogens with zero attached hydrogens (tertiary/aromatic N) is 4. The Labute approximate surface area is 157 Å². The van der Waals surface area contributed by atoms with E-state index in [9.17, 15) is 13.6 Å². The molecule has 2 aromatic heterocycles. The lowest BCUT2D eigenvalue weighted by Gasteiger charge is -2.38. The van der Waals surface area contributed by atoms with Gasteiger partial charge in [0, 0.05) is 38.0 Å². The highest BCUT2D eigenvalue weighted by Gasteiger charge is 2.52. The molecule has 2 aliphatic rings. The van der Waals surface area contributed by atoms with Crippen molar-refractivity contribution < 1.29 is 18.1 Å². The second kappa shape index (κ2) is 6.32. The molecule has 27 heavy (non-hydrogen) atoms. The van der Waals surface area contributed by atoms with E-state index in [1.165, 1.54) is 4.31 Å². The molecule has 1 atom stereocenters. The van der Waals surface area contributed by atoms with Gasteiger partial charge in [0.25, 0.3) is 5.91 Å². The molecule has 1 unspecified atom stereocenters. The maximum Gasteiger partial charge on any atom is 0.252 e. The predicted molar refractivity (Wildman–Crippen MR) is 95.2 cm³/mol. The number of rotatable bonds is 3. The number of hydrogen-bond donors (Lipinski definition) is 1. The molecule has 0 saturated carbocycles. The van der Waals surface area contributed by atoms with Crippen molar-refractivity contribution in [3.05, 3.63) is 41.5 Å². The minimum absolute atomic E-state index is 0.107. The van der Waals surface area contributed by atoms with E-state index >= 15 is 0 Å². The summed E-state index contributed by atoms with van der Waals surface area (Å²) in [6, 6.07) is 3.63. The van der Waals surface area contributed by atoms with E-state index in [0.29, 0.717) is 24.2 Å². The summed E-state index contributed by atoms with van der Waals surface area (Å²) in [6.07, 6.45) is 4.00. The summed E-state index contributed by atoms with van der Waals surface area (Å²) in [4.78, 5) is 16.8. The molecule has 1 saturated heterocycles. The maximum absolute atomic E-state index is 13.0. The molecule has 0 radical (unpaired) electrons. The van der Waals surface area contributed by atoms with Crippen LogP contribution in [0.4, 0.5) is 0 Å². The van der Waals surface area contributed by atoms with Crippen LogP contribution in [0.3, 0.4) is 0 Å². The van der Waals surface area contributed by atoms with Crippen LogP contribution < -0.4 is 5.43 Å². The summed E-state index contributed by atoms with van der Waals surface area (Å²) < 4.78 is 32.4. The molecule has 1 N–H and O–H groups in total. The third kappa shape index (κ3) is 2.71. The van der Waals surface area contributed by atoms with Crippen LogP contribution in [0.1, 0.15) is 29.9 Å². The number of piperidine rings is 1. The van der Waals surface area contributed by atoms with Crippen molar-refractivity contribution in [1.82, 2.24) is 19.9 Å². The van der Waals surface area contributed by atoms with Gasteiger partial charge in [-0.05, 0) is 31.9 Å². The normalized spacial score (nSPS) is 21.7. The lowest BCUT2D eigenvalue weighted by molar-refractivity contribution is -0.127. The monoisotopic (exact) mass is 389 g/mol. The third-order valence-corrected chi connectivity index (χ3v) is 7.38. The van der Waals surface area contributed by atoms with Crippen LogP contribution in [0.2, 0.25) is 0 Å². The Morgan fingerprint density at radius 2 is 2.07 bits per heavy atom. The van der Waals surface area contributed by atoms with Gasteiger partial charge in [-0.3, -0.25) is 9.78 Å². The van der Waals surface area contributed by atoms with E-state index in [1.54, 1.807) is 32.3 Å². The number of carbonyl (C=O) groups is 1. The Morgan fingerprint density at radius 1 is 1.33 bits per heavy atom. The summed E-state index contributed by atoms with van der Waals surface area (Å²) in [6.45, 7) is 3.60. The van der Waals surface area contributed by atoms with E-state index in [-0.39, 0.29) is 29.7 Å². The standard InChI is InChI=1S/C17H19N5O4S/c1-11-14(12(2)26-21-11)27(24,25)22-8-5-17(6-9-22)15(19-20-16(17)23)13-4-3-7-18-10-13/h3-4,7,10H,5-6,8-9H2,1-2H3,(H-,20,23,24,25). The fraction of sp³-hybridized carbons (Fsp3) is 0.412. The fourth-order valence-electron chi connectivity index (χ4n) is 3.82. The average Bonchev–Trinajstić information content (AvgIpc) is 3.16. The Morgan fingerprint density at radius 3 is 2.67 bits per heavy atom. The number of aryl methyl sites for hydroxylation is 2. The van der Waals surface area contributed by atoms with Crippen molar-refractivity contribution in [2.75, 3.05) is 13.1 Å². The number of pyridine rings is 1. The van der Waals surface area contributed by atoms with Crippen molar-refractivity contribution in [2.24, 2.45) is 10.5 Å². The van der Waals surface area contributed by atoms with Crippen molar-refractivity contribution in [2.45, 2.75) is 31.6 Å². The third-order valence-electron chi connectivity index (χ3n) is 5.23. The first-order valence-electron chi connectivity index (χ1n) is 8.58. The summed E-state index contributed by atoms with van der Waals surface area (Å²) in [5.41, 5.74) is 3.44. The van der Waals surface area contributed by atoms with Crippen LogP contribution >= 0.6 is 0 Å². The lowest BCUT2D eigenvalue weighted by atomic mass is 9.73. The van der Waals surface area contributed by atoms with Crippen molar-refractivity contribution >= 4 is 22.0 Å². The van der Waals surface area contributed by atoms with E-state index in [2.05, 4.69) is 20.7 Å². The van der Waals surface area contributed by atoms with E-state index in [4.69, 9.17) is 4.52 Å². The van der Waals surface area contributed by atoms with Crippen LogP contribution in [-0.2, 0) is 19.4 Å². The first-order chi connectivity index (χ1) is 12.9. The van der Waals surface area contributed by atoms with Crippen LogP contribution in [0.5, 0.6) is 0 Å². The Kier molecular flexibility index (Phi) is 4.21. The number of amides is 1. The molecule has 1 spiro atoms. The van der Waals surface area contributed by atoms with Crippen LogP contribution in [0.15, 0.2) is 39.0 Å². The molecule has 1 fully saturated rings. The van der Waals surface area contributed by atoms with Gasteiger partial charge in [0.05, 0.1) is 11.1 Å². The number of carbonyl (C=O) groups excluding carboxylic acids is 1. The molecular formula is C17H19N5O4S. The number of sulfonamides is 1. The molecule has 0 aromatic carbocycles. The van der Waals surface area contributed by atoms with E-state index < -0.39 is 15.8 Å². The highest BCUT2D eigenvalue weighted by atomic mass is 32.3.